The second kappa shape index (κ2) is 5.21. The van der Waals surface area contributed by atoms with Crippen molar-refractivity contribution in [3.8, 4) is 0 Å². The first-order valence-electron chi connectivity index (χ1n) is 6.81. The summed E-state index contributed by atoms with van der Waals surface area (Å²) in [6, 6.07) is 1.34. The predicted octanol–water partition coefficient (Wildman–Crippen LogP) is 1.22. The fourth-order valence-corrected chi connectivity index (χ4v) is 3.26. The van der Waals surface area contributed by atoms with Gasteiger partial charge in [-0.15, -0.1) is 0 Å². The Morgan fingerprint density at radius 2 is 2.05 bits per heavy atom. The van der Waals surface area contributed by atoms with Gasteiger partial charge in [0.05, 0.1) is 0 Å². The highest BCUT2D eigenvalue weighted by Crippen LogP contribution is 2.29. The largest absolute Gasteiger partial charge is 0.346 e. The number of primary sulfonamides is 1. The molecule has 1 aliphatic carbocycles. The number of aromatic nitrogens is 1. The van der Waals surface area contributed by atoms with E-state index in [-0.39, 0.29) is 16.3 Å². The van der Waals surface area contributed by atoms with Gasteiger partial charge in [-0.3, -0.25) is 4.79 Å². The first kappa shape index (κ1) is 15.1. The van der Waals surface area contributed by atoms with Crippen LogP contribution < -0.4 is 10.5 Å². The standard InChI is InChI=1S/C13H21N3O3S/c1-3-16-9-10(20(14,18)19)8-11(16)12(17)15-13(2)6-4-5-7-13/h8-9H,3-7H2,1-2H3,(H,15,17)(H2,14,18,19). The maximum atomic E-state index is 12.4. The lowest BCUT2D eigenvalue weighted by molar-refractivity contribution is 0.0898. The van der Waals surface area contributed by atoms with Gasteiger partial charge in [-0.1, -0.05) is 12.8 Å². The van der Waals surface area contributed by atoms with Crippen molar-refractivity contribution in [1.82, 2.24) is 9.88 Å². The third-order valence-corrected chi connectivity index (χ3v) is 4.78. The second-order valence-corrected chi connectivity index (χ2v) is 7.18. The number of carbonyl (C=O) groups excluding carboxylic acids is 1. The maximum Gasteiger partial charge on any atom is 0.268 e. The lowest BCUT2D eigenvalue weighted by Gasteiger charge is -2.25. The van der Waals surface area contributed by atoms with E-state index in [1.54, 1.807) is 4.57 Å². The minimum absolute atomic E-state index is 0.0268. The Labute approximate surface area is 119 Å². The quantitative estimate of drug-likeness (QED) is 0.875. The van der Waals surface area contributed by atoms with E-state index < -0.39 is 10.0 Å². The topological polar surface area (TPSA) is 94.2 Å². The molecule has 1 fully saturated rings. The number of nitrogens with zero attached hydrogens (tertiary/aromatic N) is 1. The second-order valence-electron chi connectivity index (χ2n) is 5.61. The Balaban J connectivity index is 2.27. The minimum atomic E-state index is -3.79. The molecule has 0 aliphatic heterocycles. The van der Waals surface area contributed by atoms with Crippen molar-refractivity contribution in [1.29, 1.82) is 0 Å². The van der Waals surface area contributed by atoms with Gasteiger partial charge < -0.3 is 9.88 Å². The fourth-order valence-electron chi connectivity index (χ4n) is 2.71. The molecule has 7 heteroatoms. The number of hydrogen-bond acceptors (Lipinski definition) is 3. The first-order chi connectivity index (χ1) is 9.25. The normalized spacial score (nSPS) is 18.1. The fraction of sp³-hybridized carbons (Fsp3) is 0.615. The molecule has 1 aliphatic rings. The van der Waals surface area contributed by atoms with E-state index in [4.69, 9.17) is 5.14 Å². The van der Waals surface area contributed by atoms with Gasteiger partial charge in [-0.2, -0.15) is 0 Å². The Morgan fingerprint density at radius 3 is 2.55 bits per heavy atom. The van der Waals surface area contributed by atoms with Crippen LogP contribution >= 0.6 is 0 Å². The molecule has 1 saturated carbocycles. The monoisotopic (exact) mass is 299 g/mol. The molecule has 2 rings (SSSR count). The van der Waals surface area contributed by atoms with Gasteiger partial charge in [0.1, 0.15) is 10.6 Å². The minimum Gasteiger partial charge on any atom is -0.346 e. The summed E-state index contributed by atoms with van der Waals surface area (Å²) in [6.45, 7) is 4.38. The summed E-state index contributed by atoms with van der Waals surface area (Å²) in [4.78, 5) is 12.3. The number of carbonyl (C=O) groups is 1. The van der Waals surface area contributed by atoms with Gasteiger partial charge in [0.25, 0.3) is 5.91 Å². The van der Waals surface area contributed by atoms with Crippen LogP contribution in [-0.2, 0) is 16.6 Å². The van der Waals surface area contributed by atoms with E-state index in [1.165, 1.54) is 12.3 Å². The molecule has 0 spiro atoms. The van der Waals surface area contributed by atoms with Gasteiger partial charge in [0.2, 0.25) is 10.0 Å². The first-order valence-corrected chi connectivity index (χ1v) is 8.35. The summed E-state index contributed by atoms with van der Waals surface area (Å²) < 4.78 is 24.4. The maximum absolute atomic E-state index is 12.4. The lowest BCUT2D eigenvalue weighted by Crippen LogP contribution is -2.44. The summed E-state index contributed by atoms with van der Waals surface area (Å²) in [5, 5.41) is 8.13. The van der Waals surface area contributed by atoms with Gasteiger partial charge >= 0.3 is 0 Å². The van der Waals surface area contributed by atoms with Crippen LogP contribution in [0.15, 0.2) is 17.2 Å². The van der Waals surface area contributed by atoms with Crippen LogP contribution in [0.1, 0.15) is 50.0 Å². The summed E-state index contributed by atoms with van der Waals surface area (Å²) in [5.41, 5.74) is 0.145. The molecule has 0 saturated heterocycles. The van der Waals surface area contributed by atoms with E-state index in [2.05, 4.69) is 5.32 Å². The molecule has 0 radical (unpaired) electrons. The zero-order valence-electron chi connectivity index (χ0n) is 11.8. The molecule has 1 aromatic rings. The van der Waals surface area contributed by atoms with Crippen LogP contribution in [0.4, 0.5) is 0 Å². The zero-order chi connectivity index (χ0) is 15.0. The van der Waals surface area contributed by atoms with Crippen molar-refractivity contribution in [2.45, 2.75) is 56.5 Å². The Morgan fingerprint density at radius 1 is 1.45 bits per heavy atom. The van der Waals surface area contributed by atoms with Crippen molar-refractivity contribution in [3.63, 3.8) is 0 Å². The van der Waals surface area contributed by atoms with Gasteiger partial charge in [-0.05, 0) is 32.8 Å². The van der Waals surface area contributed by atoms with Crippen molar-refractivity contribution in [3.05, 3.63) is 18.0 Å². The van der Waals surface area contributed by atoms with Crippen LogP contribution in [-0.4, -0.2) is 24.4 Å². The van der Waals surface area contributed by atoms with Crippen molar-refractivity contribution in [2.24, 2.45) is 5.14 Å². The Hall–Kier alpha value is -1.34. The van der Waals surface area contributed by atoms with Crippen molar-refractivity contribution < 1.29 is 13.2 Å². The summed E-state index contributed by atoms with van der Waals surface area (Å²) in [5.74, 6) is -0.244. The Kier molecular flexibility index (Phi) is 3.93. The number of rotatable bonds is 4. The summed E-state index contributed by atoms with van der Waals surface area (Å²) >= 11 is 0. The van der Waals surface area contributed by atoms with Crippen LogP contribution in [0.2, 0.25) is 0 Å². The number of amides is 1. The molecule has 0 aromatic carbocycles. The smallest absolute Gasteiger partial charge is 0.268 e. The average Bonchev–Trinajstić information content (AvgIpc) is 2.94. The van der Waals surface area contributed by atoms with Crippen molar-refractivity contribution in [2.75, 3.05) is 0 Å². The SMILES string of the molecule is CCn1cc(S(N)(=O)=O)cc1C(=O)NC1(C)CCCC1. The molecule has 6 nitrogen and oxygen atoms in total. The number of hydrogen-bond donors (Lipinski definition) is 2. The van der Waals surface area contributed by atoms with Gasteiger partial charge in [0.15, 0.2) is 0 Å². The van der Waals surface area contributed by atoms with Gasteiger partial charge in [0, 0.05) is 18.3 Å². The molecule has 0 bridgehead atoms. The third kappa shape index (κ3) is 3.04. The number of nitrogens with two attached hydrogens (primary N) is 1. The highest BCUT2D eigenvalue weighted by molar-refractivity contribution is 7.89. The highest BCUT2D eigenvalue weighted by Gasteiger charge is 2.31. The molecule has 1 heterocycles. The van der Waals surface area contributed by atoms with E-state index in [9.17, 15) is 13.2 Å². The highest BCUT2D eigenvalue weighted by atomic mass is 32.2. The lowest BCUT2D eigenvalue weighted by atomic mass is 10.0. The average molecular weight is 299 g/mol. The summed E-state index contributed by atoms with van der Waals surface area (Å²) in [6.07, 6.45) is 5.52. The third-order valence-electron chi connectivity index (χ3n) is 3.90. The number of aryl methyl sites for hydroxylation is 1. The van der Waals surface area contributed by atoms with Crippen LogP contribution in [0.3, 0.4) is 0 Å². The van der Waals surface area contributed by atoms with E-state index in [0.717, 1.165) is 25.7 Å². The molecule has 3 N–H and O–H groups in total. The molecule has 20 heavy (non-hydrogen) atoms. The van der Waals surface area contributed by atoms with Crippen LogP contribution in [0.5, 0.6) is 0 Å². The molecule has 0 atom stereocenters. The summed E-state index contributed by atoms with van der Waals surface area (Å²) in [7, 11) is -3.79. The van der Waals surface area contributed by atoms with Crippen LogP contribution in [0.25, 0.3) is 0 Å². The molecule has 0 unspecified atom stereocenters. The number of nitrogens with one attached hydrogen (secondary N) is 1. The molecular formula is C13H21N3O3S. The predicted molar refractivity (Wildman–Crippen MR) is 75.8 cm³/mol. The molecular weight excluding hydrogens is 278 g/mol. The van der Waals surface area contributed by atoms with Gasteiger partial charge in [-0.25, -0.2) is 13.6 Å². The Bertz CT molecular complexity index is 613. The number of sulfonamides is 1. The molecule has 112 valence electrons. The zero-order valence-corrected chi connectivity index (χ0v) is 12.7. The van der Waals surface area contributed by atoms with E-state index >= 15 is 0 Å². The van der Waals surface area contributed by atoms with Crippen LogP contribution in [0, 0.1) is 0 Å². The van der Waals surface area contributed by atoms with E-state index in [0.29, 0.717) is 12.2 Å². The van der Waals surface area contributed by atoms with Crippen molar-refractivity contribution >= 4 is 15.9 Å². The molecule has 1 amide bonds. The van der Waals surface area contributed by atoms with E-state index in [1.807, 2.05) is 13.8 Å². The molecule has 1 aromatic heterocycles.